The van der Waals surface area contributed by atoms with Crippen LogP contribution in [0.2, 0.25) is 0 Å². The number of nitrogens with two attached hydrogens (primary N) is 1. The van der Waals surface area contributed by atoms with Crippen LogP contribution in [0.3, 0.4) is 0 Å². The van der Waals surface area contributed by atoms with Gasteiger partial charge in [0.2, 0.25) is 0 Å². The zero-order valence-electron chi connectivity index (χ0n) is 18.0. The molecule has 1 unspecified atom stereocenters. The molecule has 0 saturated carbocycles. The molecule has 2 atom stereocenters. The second-order valence-corrected chi connectivity index (χ2v) is 8.65. The van der Waals surface area contributed by atoms with Crippen LogP contribution in [-0.2, 0) is 19.6 Å². The van der Waals surface area contributed by atoms with Crippen LogP contribution >= 0.6 is 0 Å². The van der Waals surface area contributed by atoms with Crippen LogP contribution in [0.1, 0.15) is 40.1 Å². The van der Waals surface area contributed by atoms with Crippen LogP contribution in [0.5, 0.6) is 0 Å². The van der Waals surface area contributed by atoms with Gasteiger partial charge in [0, 0.05) is 16.8 Å². The van der Waals surface area contributed by atoms with Crippen molar-refractivity contribution in [1.29, 1.82) is 0 Å². The summed E-state index contributed by atoms with van der Waals surface area (Å²) in [5, 5.41) is 7.38. The molecule has 0 radical (unpaired) electrons. The molecule has 2 heterocycles. The fraction of sp³-hybridized carbons (Fsp3) is 0.400. The second-order valence-electron chi connectivity index (χ2n) is 8.65. The van der Waals surface area contributed by atoms with E-state index in [2.05, 4.69) is 85.4 Å². The van der Waals surface area contributed by atoms with Gasteiger partial charge in [-0.3, -0.25) is 4.68 Å². The lowest BCUT2D eigenvalue weighted by atomic mass is 10.1. The highest BCUT2D eigenvalue weighted by Crippen LogP contribution is 2.14. The van der Waals surface area contributed by atoms with Crippen molar-refractivity contribution in [2.24, 2.45) is 0 Å². The molecular weight excluding hydrogens is 356 g/mol. The van der Waals surface area contributed by atoms with E-state index in [1.807, 2.05) is 0 Å². The van der Waals surface area contributed by atoms with Gasteiger partial charge in [0.25, 0.3) is 0 Å². The summed E-state index contributed by atoms with van der Waals surface area (Å²) < 4.78 is 2.17. The Morgan fingerprint density at radius 3 is 2.52 bits per heavy atom. The molecule has 4 rings (SSSR count). The minimum absolute atomic E-state index is 0.716. The molecule has 1 aliphatic heterocycles. The summed E-state index contributed by atoms with van der Waals surface area (Å²) in [4.78, 5) is 1.71. The van der Waals surface area contributed by atoms with Crippen molar-refractivity contribution in [1.82, 2.24) is 9.78 Å². The first kappa shape index (κ1) is 19.9. The highest BCUT2D eigenvalue weighted by atomic mass is 15.3. The topological polar surface area (TPSA) is 38.9 Å². The minimum atomic E-state index is 0.716. The van der Waals surface area contributed by atoms with Crippen molar-refractivity contribution in [2.75, 3.05) is 13.1 Å². The number of likely N-dealkylation sites (tertiary alicyclic amines) is 1. The van der Waals surface area contributed by atoms with Gasteiger partial charge in [-0.2, -0.15) is 5.10 Å². The van der Waals surface area contributed by atoms with Crippen LogP contribution in [-0.4, -0.2) is 28.9 Å². The molecule has 0 bridgehead atoms. The molecule has 4 heteroatoms. The maximum atomic E-state index is 4.84. The molecule has 0 amide bonds. The fourth-order valence-corrected chi connectivity index (χ4v) is 4.55. The Balaban J connectivity index is 1.33. The van der Waals surface area contributed by atoms with Gasteiger partial charge in [-0.15, -0.1) is 0 Å². The number of hydrogen-bond acceptors (Lipinski definition) is 1. The molecule has 3 N–H and O–H groups in total. The summed E-state index contributed by atoms with van der Waals surface area (Å²) >= 11 is 0. The summed E-state index contributed by atoms with van der Waals surface area (Å²) in [5.41, 5.74) is 7.97. The van der Waals surface area contributed by atoms with E-state index in [4.69, 9.17) is 5.10 Å². The molecule has 0 spiro atoms. The van der Waals surface area contributed by atoms with E-state index in [9.17, 15) is 0 Å². The van der Waals surface area contributed by atoms with Crippen LogP contribution in [0, 0.1) is 20.8 Å². The molecule has 1 fully saturated rings. The highest BCUT2D eigenvalue weighted by Gasteiger charge is 2.29. The number of benzene rings is 2. The molecule has 4 nitrogen and oxygen atoms in total. The first-order valence-corrected chi connectivity index (χ1v) is 10.9. The van der Waals surface area contributed by atoms with Gasteiger partial charge in [0.1, 0.15) is 25.7 Å². The van der Waals surface area contributed by atoms with Gasteiger partial charge < -0.3 is 10.2 Å². The fourth-order valence-electron chi connectivity index (χ4n) is 4.55. The van der Waals surface area contributed by atoms with E-state index in [-0.39, 0.29) is 0 Å². The minimum Gasteiger partial charge on any atom is -0.335 e. The monoisotopic (exact) mass is 390 g/mol. The SMILES string of the molecule is Cc1ccc(Cn2nc(C)c(C[NH2+][C@@H]3CC[NH+](Cc4ccccc4)C3)c2C)cc1. The first-order chi connectivity index (χ1) is 14.1. The van der Waals surface area contributed by atoms with Crippen LogP contribution in [0.15, 0.2) is 54.6 Å². The number of hydrogen-bond donors (Lipinski definition) is 2. The predicted octanol–water partition coefficient (Wildman–Crippen LogP) is 1.78. The number of nitrogens with one attached hydrogen (secondary N) is 1. The van der Waals surface area contributed by atoms with Gasteiger partial charge in [-0.25, -0.2) is 0 Å². The Labute approximate surface area is 174 Å². The van der Waals surface area contributed by atoms with Crippen molar-refractivity contribution in [3.05, 3.63) is 88.2 Å². The molecule has 1 saturated heterocycles. The van der Waals surface area contributed by atoms with Crippen LogP contribution in [0.4, 0.5) is 0 Å². The average Bonchev–Trinajstić information content (AvgIpc) is 3.27. The molecule has 3 aromatic rings. The van der Waals surface area contributed by atoms with Crippen molar-refractivity contribution < 1.29 is 10.2 Å². The number of nitrogens with zero attached hydrogens (tertiary/aromatic N) is 2. The lowest BCUT2D eigenvalue weighted by molar-refractivity contribution is -0.911. The molecule has 2 aromatic carbocycles. The maximum absolute atomic E-state index is 4.84. The van der Waals surface area contributed by atoms with Crippen molar-refractivity contribution in [2.45, 2.75) is 52.9 Å². The molecule has 0 aliphatic carbocycles. The standard InChI is InChI=1S/C25H32N4/c1-19-9-11-23(12-10-19)17-29-21(3)25(20(2)27-29)15-26-24-13-14-28(18-24)16-22-7-5-4-6-8-22/h4-12,24,26H,13-18H2,1-3H3/p+2/t24-/m1/s1. The number of aromatic nitrogens is 2. The molecule has 152 valence electrons. The van der Waals surface area contributed by atoms with E-state index in [1.165, 1.54) is 53.2 Å². The highest BCUT2D eigenvalue weighted by molar-refractivity contribution is 5.26. The maximum Gasteiger partial charge on any atom is 0.141 e. The normalized spacial score (nSPS) is 19.0. The zero-order chi connectivity index (χ0) is 20.2. The number of aryl methyl sites for hydroxylation is 2. The van der Waals surface area contributed by atoms with E-state index in [1.54, 1.807) is 4.90 Å². The van der Waals surface area contributed by atoms with Crippen molar-refractivity contribution in [3.63, 3.8) is 0 Å². The summed E-state index contributed by atoms with van der Waals surface area (Å²) in [6.45, 7) is 12.1. The smallest absolute Gasteiger partial charge is 0.141 e. The quantitative estimate of drug-likeness (QED) is 0.634. The average molecular weight is 391 g/mol. The largest absolute Gasteiger partial charge is 0.335 e. The number of quaternary nitrogens is 2. The van der Waals surface area contributed by atoms with Gasteiger partial charge in [0.15, 0.2) is 0 Å². The molecule has 29 heavy (non-hydrogen) atoms. The van der Waals surface area contributed by atoms with Crippen molar-refractivity contribution >= 4 is 0 Å². The lowest BCUT2D eigenvalue weighted by Gasteiger charge is -2.13. The second kappa shape index (κ2) is 8.93. The summed E-state index contributed by atoms with van der Waals surface area (Å²) in [7, 11) is 0. The van der Waals surface area contributed by atoms with Gasteiger partial charge in [-0.1, -0.05) is 60.2 Å². The van der Waals surface area contributed by atoms with E-state index < -0.39 is 0 Å². The molecule has 1 aromatic heterocycles. The predicted molar refractivity (Wildman–Crippen MR) is 117 cm³/mol. The van der Waals surface area contributed by atoms with E-state index in [0.717, 1.165) is 19.6 Å². The van der Waals surface area contributed by atoms with Gasteiger partial charge >= 0.3 is 0 Å². The lowest BCUT2D eigenvalue weighted by Crippen LogP contribution is -3.10. The summed E-state index contributed by atoms with van der Waals surface area (Å²) in [6.07, 6.45) is 1.30. The Kier molecular flexibility index (Phi) is 6.12. The Morgan fingerprint density at radius 1 is 1.00 bits per heavy atom. The third kappa shape index (κ3) is 4.95. The molecule has 1 aliphatic rings. The third-order valence-corrected chi connectivity index (χ3v) is 6.36. The van der Waals surface area contributed by atoms with Gasteiger partial charge in [0.05, 0.1) is 25.2 Å². The van der Waals surface area contributed by atoms with Crippen LogP contribution < -0.4 is 10.2 Å². The van der Waals surface area contributed by atoms with E-state index >= 15 is 0 Å². The van der Waals surface area contributed by atoms with E-state index in [0.29, 0.717) is 6.04 Å². The first-order valence-electron chi connectivity index (χ1n) is 10.9. The zero-order valence-corrected chi connectivity index (χ0v) is 18.0. The molecular formula is C25H34N4+2. The Bertz CT molecular complexity index is 927. The summed E-state index contributed by atoms with van der Waals surface area (Å²) in [6, 6.07) is 20.4. The van der Waals surface area contributed by atoms with Crippen LogP contribution in [0.25, 0.3) is 0 Å². The number of rotatable bonds is 7. The summed E-state index contributed by atoms with van der Waals surface area (Å²) in [5.74, 6) is 0. The Morgan fingerprint density at radius 2 is 1.76 bits per heavy atom. The van der Waals surface area contributed by atoms with Gasteiger partial charge in [-0.05, 0) is 26.3 Å². The third-order valence-electron chi connectivity index (χ3n) is 6.36. The van der Waals surface area contributed by atoms with Crippen molar-refractivity contribution in [3.8, 4) is 0 Å². The Hall–Kier alpha value is -2.43.